The van der Waals surface area contributed by atoms with E-state index in [1.54, 1.807) is 12.1 Å². The van der Waals surface area contributed by atoms with E-state index in [0.717, 1.165) is 19.3 Å². The van der Waals surface area contributed by atoms with Gasteiger partial charge in [0.2, 0.25) is 0 Å². The quantitative estimate of drug-likeness (QED) is 0.770. The van der Waals surface area contributed by atoms with E-state index in [1.807, 2.05) is 4.90 Å². The van der Waals surface area contributed by atoms with Gasteiger partial charge in [0, 0.05) is 18.5 Å². The van der Waals surface area contributed by atoms with E-state index >= 15 is 0 Å². The van der Waals surface area contributed by atoms with Gasteiger partial charge in [0.25, 0.3) is 5.91 Å². The number of nitrogens with zero attached hydrogens (tertiary/aromatic N) is 1. The summed E-state index contributed by atoms with van der Waals surface area (Å²) in [6.45, 7) is 0.686. The van der Waals surface area contributed by atoms with Crippen molar-refractivity contribution in [1.29, 1.82) is 0 Å². The van der Waals surface area contributed by atoms with Crippen molar-refractivity contribution in [1.82, 2.24) is 4.90 Å². The second-order valence-electron chi connectivity index (χ2n) is 4.23. The number of alkyl halides is 1. The molecule has 0 radical (unpaired) electrons. The average Bonchev–Trinajstić information content (AvgIpc) is 2.67. The SMILES string of the molecule is O=C(c1ccc(Cl)o1)N(CCCCl)C1CCC1. The highest BCUT2D eigenvalue weighted by Crippen LogP contribution is 2.27. The minimum Gasteiger partial charge on any atom is -0.440 e. The third kappa shape index (κ3) is 2.96. The Morgan fingerprint density at radius 1 is 1.47 bits per heavy atom. The van der Waals surface area contributed by atoms with E-state index in [1.165, 1.54) is 6.42 Å². The Kier molecular flexibility index (Phi) is 4.35. The molecular weight excluding hydrogens is 261 g/mol. The van der Waals surface area contributed by atoms with E-state index in [2.05, 4.69) is 0 Å². The molecule has 0 bridgehead atoms. The summed E-state index contributed by atoms with van der Waals surface area (Å²) in [6.07, 6.45) is 4.14. The number of carbonyl (C=O) groups is 1. The summed E-state index contributed by atoms with van der Waals surface area (Å²) in [6, 6.07) is 3.56. The van der Waals surface area contributed by atoms with Crippen LogP contribution in [0.4, 0.5) is 0 Å². The van der Waals surface area contributed by atoms with Gasteiger partial charge in [-0.2, -0.15) is 0 Å². The van der Waals surface area contributed by atoms with Crippen LogP contribution in [0.25, 0.3) is 0 Å². The van der Waals surface area contributed by atoms with Crippen LogP contribution in [-0.4, -0.2) is 29.3 Å². The first kappa shape index (κ1) is 12.8. The lowest BCUT2D eigenvalue weighted by atomic mass is 9.91. The molecule has 1 aromatic rings. The fourth-order valence-electron chi connectivity index (χ4n) is 1.95. The first-order chi connectivity index (χ1) is 8.22. The smallest absolute Gasteiger partial charge is 0.289 e. The van der Waals surface area contributed by atoms with Gasteiger partial charge in [-0.25, -0.2) is 0 Å². The van der Waals surface area contributed by atoms with Crippen LogP contribution in [0.1, 0.15) is 36.2 Å². The average molecular weight is 276 g/mol. The lowest BCUT2D eigenvalue weighted by Gasteiger charge is -2.37. The van der Waals surface area contributed by atoms with Crippen molar-refractivity contribution < 1.29 is 9.21 Å². The molecular formula is C12H15Cl2NO2. The Bertz CT molecular complexity index is 388. The molecule has 1 aliphatic rings. The highest BCUT2D eigenvalue weighted by molar-refractivity contribution is 6.29. The Hall–Kier alpha value is -0.670. The van der Waals surface area contributed by atoms with Crippen LogP contribution in [-0.2, 0) is 0 Å². The molecule has 0 aromatic carbocycles. The van der Waals surface area contributed by atoms with Gasteiger partial charge in [0.1, 0.15) is 0 Å². The molecule has 1 aliphatic carbocycles. The minimum absolute atomic E-state index is 0.0771. The van der Waals surface area contributed by atoms with Crippen LogP contribution in [0.2, 0.25) is 5.22 Å². The molecule has 1 heterocycles. The molecule has 1 saturated carbocycles. The number of halogens is 2. The number of hydrogen-bond donors (Lipinski definition) is 0. The van der Waals surface area contributed by atoms with Crippen molar-refractivity contribution >= 4 is 29.1 Å². The molecule has 0 unspecified atom stereocenters. The molecule has 0 aliphatic heterocycles. The Balaban J connectivity index is 2.06. The van der Waals surface area contributed by atoms with Crippen LogP contribution in [0.3, 0.4) is 0 Å². The fourth-order valence-corrected chi connectivity index (χ4v) is 2.21. The molecule has 0 atom stereocenters. The van der Waals surface area contributed by atoms with E-state index in [-0.39, 0.29) is 11.1 Å². The predicted molar refractivity (Wildman–Crippen MR) is 67.7 cm³/mol. The van der Waals surface area contributed by atoms with Crippen LogP contribution >= 0.6 is 23.2 Å². The maximum Gasteiger partial charge on any atom is 0.289 e. The topological polar surface area (TPSA) is 33.5 Å². The van der Waals surface area contributed by atoms with Gasteiger partial charge >= 0.3 is 0 Å². The van der Waals surface area contributed by atoms with E-state index in [4.69, 9.17) is 27.6 Å². The lowest BCUT2D eigenvalue weighted by molar-refractivity contribution is 0.0549. The predicted octanol–water partition coefficient (Wildman–Crippen LogP) is 3.56. The standard InChI is InChI=1S/C12H15Cl2NO2/c13-7-2-8-15(9-3-1-4-9)12(16)10-5-6-11(14)17-10/h5-6,9H,1-4,7-8H2. The first-order valence-electron chi connectivity index (χ1n) is 5.84. The zero-order valence-electron chi connectivity index (χ0n) is 9.49. The van der Waals surface area contributed by atoms with Crippen molar-refractivity contribution in [2.45, 2.75) is 31.7 Å². The molecule has 1 amide bonds. The van der Waals surface area contributed by atoms with E-state index in [9.17, 15) is 4.79 Å². The van der Waals surface area contributed by atoms with Gasteiger partial charge in [0.15, 0.2) is 11.0 Å². The molecule has 0 spiro atoms. The van der Waals surface area contributed by atoms with Gasteiger partial charge < -0.3 is 9.32 Å². The van der Waals surface area contributed by atoms with Gasteiger partial charge in [-0.1, -0.05) is 0 Å². The third-order valence-corrected chi connectivity index (χ3v) is 3.56. The van der Waals surface area contributed by atoms with Gasteiger partial charge in [-0.05, 0) is 49.4 Å². The van der Waals surface area contributed by atoms with Crippen molar-refractivity contribution in [3.63, 3.8) is 0 Å². The van der Waals surface area contributed by atoms with Crippen molar-refractivity contribution in [2.24, 2.45) is 0 Å². The summed E-state index contributed by atoms with van der Waals surface area (Å²) in [5, 5.41) is 0.249. The molecule has 3 nitrogen and oxygen atoms in total. The van der Waals surface area contributed by atoms with E-state index in [0.29, 0.717) is 24.2 Å². The zero-order valence-corrected chi connectivity index (χ0v) is 11.0. The molecule has 0 saturated heterocycles. The molecule has 5 heteroatoms. The van der Waals surface area contributed by atoms with Crippen molar-refractivity contribution in [3.8, 4) is 0 Å². The molecule has 1 aromatic heterocycles. The van der Waals surface area contributed by atoms with Crippen LogP contribution in [0, 0.1) is 0 Å². The van der Waals surface area contributed by atoms with Gasteiger partial charge in [-0.15, -0.1) is 11.6 Å². The summed E-state index contributed by atoms with van der Waals surface area (Å²) in [4.78, 5) is 14.1. The summed E-state index contributed by atoms with van der Waals surface area (Å²) >= 11 is 11.4. The number of hydrogen-bond acceptors (Lipinski definition) is 2. The minimum atomic E-state index is -0.0771. The second kappa shape index (κ2) is 5.78. The molecule has 17 heavy (non-hydrogen) atoms. The molecule has 2 rings (SSSR count). The van der Waals surface area contributed by atoms with Crippen molar-refractivity contribution in [2.75, 3.05) is 12.4 Å². The molecule has 0 N–H and O–H groups in total. The Morgan fingerprint density at radius 2 is 2.24 bits per heavy atom. The molecule has 1 fully saturated rings. The lowest BCUT2D eigenvalue weighted by Crippen LogP contribution is -2.44. The van der Waals surface area contributed by atoms with Crippen LogP contribution < -0.4 is 0 Å². The maximum absolute atomic E-state index is 12.2. The summed E-state index contributed by atoms with van der Waals surface area (Å²) in [7, 11) is 0. The Labute approximate surface area is 111 Å². The van der Waals surface area contributed by atoms with Gasteiger partial charge in [-0.3, -0.25) is 4.79 Å². The Morgan fingerprint density at radius 3 is 2.71 bits per heavy atom. The number of amides is 1. The highest BCUT2D eigenvalue weighted by atomic mass is 35.5. The molecule has 94 valence electrons. The largest absolute Gasteiger partial charge is 0.440 e. The van der Waals surface area contributed by atoms with Gasteiger partial charge in [0.05, 0.1) is 0 Å². The highest BCUT2D eigenvalue weighted by Gasteiger charge is 2.30. The van der Waals surface area contributed by atoms with Crippen molar-refractivity contribution in [3.05, 3.63) is 23.1 Å². The number of carbonyl (C=O) groups excluding carboxylic acids is 1. The van der Waals surface area contributed by atoms with E-state index < -0.39 is 0 Å². The summed E-state index contributed by atoms with van der Waals surface area (Å²) < 4.78 is 5.17. The van der Waals surface area contributed by atoms with Crippen LogP contribution in [0.15, 0.2) is 16.5 Å². The summed E-state index contributed by atoms with van der Waals surface area (Å²) in [5.41, 5.74) is 0. The maximum atomic E-state index is 12.2. The fraction of sp³-hybridized carbons (Fsp3) is 0.583. The third-order valence-electron chi connectivity index (χ3n) is 3.09. The van der Waals surface area contributed by atoms with Crippen LogP contribution in [0.5, 0.6) is 0 Å². The monoisotopic (exact) mass is 275 g/mol. The zero-order chi connectivity index (χ0) is 12.3. The second-order valence-corrected chi connectivity index (χ2v) is 4.98. The number of furan rings is 1. The number of rotatable bonds is 5. The summed E-state index contributed by atoms with van der Waals surface area (Å²) in [5.74, 6) is 0.804. The normalized spacial score (nSPS) is 15.6. The first-order valence-corrected chi connectivity index (χ1v) is 6.76.